The summed E-state index contributed by atoms with van der Waals surface area (Å²) in [7, 11) is 4.69. The quantitative estimate of drug-likeness (QED) is 0.759. The third kappa shape index (κ3) is 4.11. The average molecular weight is 347 g/mol. The summed E-state index contributed by atoms with van der Waals surface area (Å²) in [5.74, 6) is 2.42. The van der Waals surface area contributed by atoms with Crippen molar-refractivity contribution in [3.8, 4) is 28.5 Å². The van der Waals surface area contributed by atoms with Crippen LogP contribution in [0, 0.1) is 5.92 Å². The minimum absolute atomic E-state index is 0.00291. The molecule has 0 unspecified atom stereocenters. The highest BCUT2D eigenvalue weighted by Crippen LogP contribution is 2.41. The van der Waals surface area contributed by atoms with Crippen molar-refractivity contribution in [1.82, 2.24) is 9.97 Å². The molecule has 0 aliphatic heterocycles. The molecule has 1 heterocycles. The van der Waals surface area contributed by atoms with Crippen molar-refractivity contribution in [2.24, 2.45) is 5.92 Å². The van der Waals surface area contributed by atoms with Crippen molar-refractivity contribution in [3.05, 3.63) is 24.5 Å². The van der Waals surface area contributed by atoms with Gasteiger partial charge < -0.3 is 24.6 Å². The lowest BCUT2D eigenvalue weighted by Gasteiger charge is -2.22. The predicted octanol–water partition coefficient (Wildman–Crippen LogP) is 2.60. The van der Waals surface area contributed by atoms with Crippen LogP contribution in [-0.2, 0) is 0 Å². The molecule has 0 radical (unpaired) electrons. The molecule has 25 heavy (non-hydrogen) atoms. The molecule has 1 aromatic carbocycles. The molecule has 2 N–H and O–H groups in total. The first-order valence-electron chi connectivity index (χ1n) is 8.04. The summed E-state index contributed by atoms with van der Waals surface area (Å²) in [4.78, 5) is 8.82. The fourth-order valence-electron chi connectivity index (χ4n) is 2.47. The normalized spacial score (nSPS) is 12.0. The van der Waals surface area contributed by atoms with Gasteiger partial charge in [0.25, 0.3) is 0 Å². The molecule has 0 amide bonds. The summed E-state index contributed by atoms with van der Waals surface area (Å²) in [5, 5.41) is 12.8. The SMILES string of the molecule is COc1cc(-c2nccnc2N[C@@H](CO)C(C)C)cc(OC)c1OC. The number of hydrogen-bond acceptors (Lipinski definition) is 7. The van der Waals surface area contributed by atoms with Gasteiger partial charge in [-0.15, -0.1) is 0 Å². The first-order valence-corrected chi connectivity index (χ1v) is 8.04. The van der Waals surface area contributed by atoms with Crippen molar-refractivity contribution < 1.29 is 19.3 Å². The number of nitrogens with one attached hydrogen (secondary N) is 1. The lowest BCUT2D eigenvalue weighted by Crippen LogP contribution is -2.30. The van der Waals surface area contributed by atoms with Gasteiger partial charge in [0.1, 0.15) is 5.69 Å². The number of methoxy groups -OCH3 is 3. The zero-order valence-electron chi connectivity index (χ0n) is 15.2. The molecule has 0 aliphatic rings. The largest absolute Gasteiger partial charge is 0.493 e. The zero-order chi connectivity index (χ0) is 18.4. The van der Waals surface area contributed by atoms with E-state index in [2.05, 4.69) is 15.3 Å². The number of anilines is 1. The number of aliphatic hydroxyl groups is 1. The molecule has 7 nitrogen and oxygen atoms in total. The molecule has 1 atom stereocenters. The number of ether oxygens (including phenoxy) is 3. The number of hydrogen-bond donors (Lipinski definition) is 2. The van der Waals surface area contributed by atoms with Crippen molar-refractivity contribution in [3.63, 3.8) is 0 Å². The highest BCUT2D eigenvalue weighted by molar-refractivity contribution is 5.76. The molecule has 0 bridgehead atoms. The molecule has 1 aromatic heterocycles. The van der Waals surface area contributed by atoms with Crippen LogP contribution in [0.2, 0.25) is 0 Å². The highest BCUT2D eigenvalue weighted by atomic mass is 16.5. The van der Waals surface area contributed by atoms with Crippen molar-refractivity contribution in [1.29, 1.82) is 0 Å². The van der Waals surface area contributed by atoms with E-state index < -0.39 is 0 Å². The van der Waals surface area contributed by atoms with Gasteiger partial charge in [-0.2, -0.15) is 0 Å². The van der Waals surface area contributed by atoms with Crippen molar-refractivity contribution in [2.45, 2.75) is 19.9 Å². The van der Waals surface area contributed by atoms with Gasteiger partial charge in [-0.05, 0) is 18.1 Å². The van der Waals surface area contributed by atoms with Gasteiger partial charge >= 0.3 is 0 Å². The first kappa shape index (κ1) is 18.8. The Morgan fingerprint density at radius 1 is 1.00 bits per heavy atom. The Kier molecular flexibility index (Phi) is 6.41. The molecule has 0 aliphatic carbocycles. The molecule has 136 valence electrons. The van der Waals surface area contributed by atoms with Gasteiger partial charge in [0, 0.05) is 18.0 Å². The molecule has 2 aromatic rings. The van der Waals surface area contributed by atoms with Gasteiger partial charge in [0.2, 0.25) is 5.75 Å². The van der Waals surface area contributed by atoms with E-state index >= 15 is 0 Å². The van der Waals surface area contributed by atoms with E-state index in [1.54, 1.807) is 33.7 Å². The molecule has 0 spiro atoms. The number of benzene rings is 1. The van der Waals surface area contributed by atoms with Crippen LogP contribution in [0.1, 0.15) is 13.8 Å². The number of aliphatic hydroxyl groups excluding tert-OH is 1. The van der Waals surface area contributed by atoms with Crippen LogP contribution in [0.25, 0.3) is 11.3 Å². The molecule has 0 saturated heterocycles. The molecular formula is C18H25N3O4. The Morgan fingerprint density at radius 3 is 2.08 bits per heavy atom. The number of aromatic nitrogens is 2. The van der Waals surface area contributed by atoms with E-state index in [9.17, 15) is 5.11 Å². The van der Waals surface area contributed by atoms with Gasteiger partial charge in [0.05, 0.1) is 34.0 Å². The maximum atomic E-state index is 9.58. The van der Waals surface area contributed by atoms with Crippen molar-refractivity contribution in [2.75, 3.05) is 33.3 Å². The summed E-state index contributed by atoms with van der Waals surface area (Å²) in [5.41, 5.74) is 1.41. The van der Waals surface area contributed by atoms with Gasteiger partial charge in [-0.3, -0.25) is 4.98 Å². The molecule has 0 saturated carbocycles. The summed E-state index contributed by atoms with van der Waals surface area (Å²) in [6, 6.07) is 3.51. The standard InChI is InChI=1S/C18H25N3O4/c1-11(2)13(10-22)21-18-16(19-6-7-20-18)12-8-14(23-3)17(25-5)15(9-12)24-4/h6-9,11,13,22H,10H2,1-5H3,(H,20,21)/t13-/m0/s1. The van der Waals surface area contributed by atoms with Crippen LogP contribution in [0.3, 0.4) is 0 Å². The predicted molar refractivity (Wildman–Crippen MR) is 96.5 cm³/mol. The van der Waals surface area contributed by atoms with E-state index in [4.69, 9.17) is 14.2 Å². The minimum atomic E-state index is -0.127. The van der Waals surface area contributed by atoms with Crippen LogP contribution in [0.15, 0.2) is 24.5 Å². The first-order chi connectivity index (χ1) is 12.0. The lowest BCUT2D eigenvalue weighted by atomic mass is 10.0. The van der Waals surface area contributed by atoms with Crippen LogP contribution >= 0.6 is 0 Å². The van der Waals surface area contributed by atoms with E-state index in [1.807, 2.05) is 26.0 Å². The Bertz CT molecular complexity index is 681. The van der Waals surface area contributed by atoms with Crippen LogP contribution in [-0.4, -0.2) is 49.1 Å². The second kappa shape index (κ2) is 8.53. The Balaban J connectivity index is 2.52. The highest BCUT2D eigenvalue weighted by Gasteiger charge is 2.19. The Hall–Kier alpha value is -2.54. The van der Waals surface area contributed by atoms with E-state index in [-0.39, 0.29) is 18.6 Å². The van der Waals surface area contributed by atoms with Crippen LogP contribution < -0.4 is 19.5 Å². The summed E-state index contributed by atoms with van der Waals surface area (Å²) in [6.45, 7) is 4.07. The molecule has 7 heteroatoms. The van der Waals surface area contributed by atoms with E-state index in [0.717, 1.165) is 5.56 Å². The van der Waals surface area contributed by atoms with Gasteiger partial charge in [-0.25, -0.2) is 4.98 Å². The third-order valence-electron chi connectivity index (χ3n) is 3.96. The maximum absolute atomic E-state index is 9.58. The maximum Gasteiger partial charge on any atom is 0.203 e. The lowest BCUT2D eigenvalue weighted by molar-refractivity contribution is 0.249. The van der Waals surface area contributed by atoms with E-state index in [0.29, 0.717) is 28.8 Å². The minimum Gasteiger partial charge on any atom is -0.493 e. The number of rotatable bonds is 8. The molecule has 2 rings (SSSR count). The van der Waals surface area contributed by atoms with E-state index in [1.165, 1.54) is 0 Å². The second-order valence-electron chi connectivity index (χ2n) is 5.84. The van der Waals surface area contributed by atoms with Crippen LogP contribution in [0.5, 0.6) is 17.2 Å². The van der Waals surface area contributed by atoms with Crippen molar-refractivity contribution >= 4 is 5.82 Å². The average Bonchev–Trinajstić information content (AvgIpc) is 2.64. The summed E-state index contributed by atoms with van der Waals surface area (Å²) in [6.07, 6.45) is 3.23. The molecule has 0 fully saturated rings. The Morgan fingerprint density at radius 2 is 1.60 bits per heavy atom. The van der Waals surface area contributed by atoms with Gasteiger partial charge in [-0.1, -0.05) is 13.8 Å². The summed E-state index contributed by atoms with van der Waals surface area (Å²) < 4.78 is 16.2. The summed E-state index contributed by atoms with van der Waals surface area (Å²) >= 11 is 0. The Labute approximate surface area is 148 Å². The fraction of sp³-hybridized carbons (Fsp3) is 0.444. The van der Waals surface area contributed by atoms with Gasteiger partial charge in [0.15, 0.2) is 17.3 Å². The smallest absolute Gasteiger partial charge is 0.203 e. The zero-order valence-corrected chi connectivity index (χ0v) is 15.2. The third-order valence-corrected chi connectivity index (χ3v) is 3.96. The second-order valence-corrected chi connectivity index (χ2v) is 5.84. The number of nitrogens with zero attached hydrogens (tertiary/aromatic N) is 2. The topological polar surface area (TPSA) is 85.7 Å². The fourth-order valence-corrected chi connectivity index (χ4v) is 2.47. The monoisotopic (exact) mass is 347 g/mol. The van der Waals surface area contributed by atoms with Crippen LogP contribution in [0.4, 0.5) is 5.82 Å². The molecular weight excluding hydrogens is 322 g/mol.